The number of aliphatic hydroxyl groups excluding tert-OH is 1. The highest BCUT2D eigenvalue weighted by Gasteiger charge is 2.30. The van der Waals surface area contributed by atoms with Crippen molar-refractivity contribution >= 4 is 16.8 Å². The summed E-state index contributed by atoms with van der Waals surface area (Å²) in [5.41, 5.74) is 2.27. The Balaban J connectivity index is 2.05. The van der Waals surface area contributed by atoms with Gasteiger partial charge in [0.25, 0.3) is 5.91 Å². The van der Waals surface area contributed by atoms with E-state index >= 15 is 0 Å². The van der Waals surface area contributed by atoms with E-state index in [1.807, 2.05) is 36.1 Å². The van der Waals surface area contributed by atoms with Gasteiger partial charge in [-0.05, 0) is 56.9 Å². The van der Waals surface area contributed by atoms with Crippen LogP contribution in [0.4, 0.5) is 0 Å². The van der Waals surface area contributed by atoms with Crippen LogP contribution in [0, 0.1) is 12.8 Å². The van der Waals surface area contributed by atoms with Crippen molar-refractivity contribution in [2.24, 2.45) is 5.92 Å². The van der Waals surface area contributed by atoms with Gasteiger partial charge in [-0.2, -0.15) is 0 Å². The van der Waals surface area contributed by atoms with E-state index < -0.39 is 0 Å². The highest BCUT2D eigenvalue weighted by molar-refractivity contribution is 6.06. The van der Waals surface area contributed by atoms with Crippen LogP contribution in [-0.2, 0) is 0 Å². The van der Waals surface area contributed by atoms with Crippen LogP contribution in [0.1, 0.15) is 35.8 Å². The predicted molar refractivity (Wildman–Crippen MR) is 93.3 cm³/mol. The molecule has 2 unspecified atom stereocenters. The van der Waals surface area contributed by atoms with E-state index in [0.29, 0.717) is 17.9 Å². The Morgan fingerprint density at radius 3 is 2.88 bits per heavy atom. The molecule has 2 aromatic rings. The Bertz CT molecular complexity index is 760. The second kappa shape index (κ2) is 6.77. The van der Waals surface area contributed by atoms with Crippen LogP contribution >= 0.6 is 0 Å². The van der Waals surface area contributed by atoms with E-state index in [1.165, 1.54) is 0 Å². The smallest absolute Gasteiger partial charge is 0.254 e. The molecule has 0 radical (unpaired) electrons. The fraction of sp³-hybridized carbons (Fsp3) is 0.474. The third kappa shape index (κ3) is 3.08. The van der Waals surface area contributed by atoms with Gasteiger partial charge in [-0.3, -0.25) is 9.78 Å². The molecule has 3 rings (SSSR count). The number of ether oxygens (including phenoxy) is 1. The Labute approximate surface area is 142 Å². The first kappa shape index (κ1) is 16.7. The van der Waals surface area contributed by atoms with E-state index in [0.717, 1.165) is 29.4 Å². The van der Waals surface area contributed by atoms with Gasteiger partial charge in [0.15, 0.2) is 0 Å². The SMILES string of the molecule is COc1ccc2nc(C)cc(C(=O)N3CC(CO)CCC3C)c2c1. The third-order valence-corrected chi connectivity index (χ3v) is 4.87. The molecule has 1 aliphatic rings. The molecule has 5 heteroatoms. The van der Waals surface area contributed by atoms with Crippen molar-refractivity contribution in [3.05, 3.63) is 35.5 Å². The van der Waals surface area contributed by atoms with Crippen LogP contribution in [-0.4, -0.2) is 47.2 Å². The maximum Gasteiger partial charge on any atom is 0.254 e. The lowest BCUT2D eigenvalue weighted by Gasteiger charge is -2.37. The number of carbonyl (C=O) groups excluding carboxylic acids is 1. The molecule has 128 valence electrons. The number of hydrogen-bond acceptors (Lipinski definition) is 4. The van der Waals surface area contributed by atoms with Gasteiger partial charge in [-0.15, -0.1) is 0 Å². The molecule has 24 heavy (non-hydrogen) atoms. The van der Waals surface area contributed by atoms with Gasteiger partial charge >= 0.3 is 0 Å². The standard InChI is InChI=1S/C19H24N2O3/c1-12-8-17(16-9-15(24-3)6-7-18(16)20-12)19(23)21-10-14(11-22)5-4-13(21)2/h6-9,13-14,22H,4-5,10-11H2,1-3H3. The molecule has 1 aliphatic heterocycles. The summed E-state index contributed by atoms with van der Waals surface area (Å²) in [5.74, 6) is 0.875. The Hall–Kier alpha value is -2.14. The number of likely N-dealkylation sites (tertiary alicyclic amines) is 1. The molecule has 1 aromatic heterocycles. The fourth-order valence-electron chi connectivity index (χ4n) is 3.41. The molecule has 2 heterocycles. The number of amides is 1. The van der Waals surface area contributed by atoms with Crippen molar-refractivity contribution in [1.29, 1.82) is 0 Å². The van der Waals surface area contributed by atoms with Gasteiger partial charge in [-0.25, -0.2) is 0 Å². The molecule has 0 aliphatic carbocycles. The van der Waals surface area contributed by atoms with Gasteiger partial charge in [-0.1, -0.05) is 0 Å². The number of piperidine rings is 1. The van der Waals surface area contributed by atoms with Crippen LogP contribution in [0.2, 0.25) is 0 Å². The van der Waals surface area contributed by atoms with Crippen molar-refractivity contribution in [3.63, 3.8) is 0 Å². The average molecular weight is 328 g/mol. The quantitative estimate of drug-likeness (QED) is 0.941. The predicted octanol–water partition coefficient (Wildman–Crippen LogP) is 2.78. The zero-order valence-corrected chi connectivity index (χ0v) is 14.5. The lowest BCUT2D eigenvalue weighted by molar-refractivity contribution is 0.0490. The number of aliphatic hydroxyl groups is 1. The summed E-state index contributed by atoms with van der Waals surface area (Å²) in [6.07, 6.45) is 1.88. The second-order valence-electron chi connectivity index (χ2n) is 6.63. The highest BCUT2D eigenvalue weighted by Crippen LogP contribution is 2.28. The van der Waals surface area contributed by atoms with E-state index in [-0.39, 0.29) is 24.5 Å². The maximum absolute atomic E-state index is 13.2. The molecular weight excluding hydrogens is 304 g/mol. The number of benzene rings is 1. The Morgan fingerprint density at radius 1 is 1.38 bits per heavy atom. The van der Waals surface area contributed by atoms with E-state index in [1.54, 1.807) is 7.11 Å². The van der Waals surface area contributed by atoms with Gasteiger partial charge in [0.1, 0.15) is 5.75 Å². The lowest BCUT2D eigenvalue weighted by atomic mass is 9.93. The summed E-state index contributed by atoms with van der Waals surface area (Å²) in [4.78, 5) is 19.6. The highest BCUT2D eigenvalue weighted by atomic mass is 16.5. The maximum atomic E-state index is 13.2. The fourth-order valence-corrected chi connectivity index (χ4v) is 3.41. The molecule has 1 amide bonds. The number of fused-ring (bicyclic) bond motifs is 1. The molecule has 0 saturated carbocycles. The van der Waals surface area contributed by atoms with Crippen molar-refractivity contribution in [2.45, 2.75) is 32.7 Å². The number of rotatable bonds is 3. The third-order valence-electron chi connectivity index (χ3n) is 4.87. The molecule has 1 aromatic carbocycles. The van der Waals surface area contributed by atoms with Gasteiger partial charge in [0.2, 0.25) is 0 Å². The average Bonchev–Trinajstić information content (AvgIpc) is 2.60. The topological polar surface area (TPSA) is 62.7 Å². The summed E-state index contributed by atoms with van der Waals surface area (Å²) in [6, 6.07) is 7.63. The van der Waals surface area contributed by atoms with E-state index in [2.05, 4.69) is 11.9 Å². The van der Waals surface area contributed by atoms with Crippen LogP contribution in [0.3, 0.4) is 0 Å². The summed E-state index contributed by atoms with van der Waals surface area (Å²) in [7, 11) is 1.61. The number of carbonyl (C=O) groups is 1. The largest absolute Gasteiger partial charge is 0.497 e. The number of methoxy groups -OCH3 is 1. The van der Waals surface area contributed by atoms with Crippen LogP contribution in [0.15, 0.2) is 24.3 Å². The Morgan fingerprint density at radius 2 is 2.17 bits per heavy atom. The monoisotopic (exact) mass is 328 g/mol. The zero-order chi connectivity index (χ0) is 17.3. The number of hydrogen-bond donors (Lipinski definition) is 1. The second-order valence-corrected chi connectivity index (χ2v) is 6.63. The summed E-state index contributed by atoms with van der Waals surface area (Å²) < 4.78 is 5.30. The molecular formula is C19H24N2O3. The number of pyridine rings is 1. The summed E-state index contributed by atoms with van der Waals surface area (Å²) >= 11 is 0. The van der Waals surface area contributed by atoms with Crippen LogP contribution in [0.5, 0.6) is 5.75 Å². The minimum atomic E-state index is 0.00408. The van der Waals surface area contributed by atoms with Crippen molar-refractivity contribution < 1.29 is 14.6 Å². The van der Waals surface area contributed by atoms with Crippen LogP contribution < -0.4 is 4.74 Å². The molecule has 1 fully saturated rings. The van der Waals surface area contributed by atoms with Gasteiger partial charge in [0.05, 0.1) is 18.2 Å². The molecule has 5 nitrogen and oxygen atoms in total. The first-order chi connectivity index (χ1) is 11.5. The molecule has 1 saturated heterocycles. The summed E-state index contributed by atoms with van der Waals surface area (Å²) in [5, 5.41) is 10.3. The van der Waals surface area contributed by atoms with Crippen molar-refractivity contribution in [3.8, 4) is 5.75 Å². The summed E-state index contributed by atoms with van der Waals surface area (Å²) in [6.45, 7) is 4.70. The molecule has 1 N–H and O–H groups in total. The zero-order valence-electron chi connectivity index (χ0n) is 14.5. The lowest BCUT2D eigenvalue weighted by Crippen LogP contribution is -2.46. The molecule has 2 atom stereocenters. The van der Waals surface area contributed by atoms with Crippen molar-refractivity contribution in [1.82, 2.24) is 9.88 Å². The van der Waals surface area contributed by atoms with Gasteiger partial charge in [0, 0.05) is 30.3 Å². The molecule has 0 spiro atoms. The van der Waals surface area contributed by atoms with Gasteiger partial charge < -0.3 is 14.7 Å². The number of aromatic nitrogens is 1. The molecule has 0 bridgehead atoms. The van der Waals surface area contributed by atoms with E-state index in [4.69, 9.17) is 4.74 Å². The van der Waals surface area contributed by atoms with Crippen LogP contribution in [0.25, 0.3) is 10.9 Å². The number of nitrogens with zero attached hydrogens (tertiary/aromatic N) is 2. The van der Waals surface area contributed by atoms with Crippen molar-refractivity contribution in [2.75, 3.05) is 20.3 Å². The Kier molecular flexibility index (Phi) is 4.71. The number of aryl methyl sites for hydroxylation is 1. The normalized spacial score (nSPS) is 21.1. The first-order valence-corrected chi connectivity index (χ1v) is 8.40. The minimum Gasteiger partial charge on any atom is -0.497 e. The first-order valence-electron chi connectivity index (χ1n) is 8.40. The van der Waals surface area contributed by atoms with E-state index in [9.17, 15) is 9.90 Å². The minimum absolute atomic E-state index is 0.00408.